The fourth-order valence-electron chi connectivity index (χ4n) is 0.417. The van der Waals surface area contributed by atoms with Crippen LogP contribution in [0.25, 0.3) is 0 Å². The number of hydrogen-bond acceptors (Lipinski definition) is 3. The first kappa shape index (κ1) is 10.2. The highest BCUT2D eigenvalue weighted by molar-refractivity contribution is 7.86. The predicted molar refractivity (Wildman–Crippen MR) is 40.4 cm³/mol. The van der Waals surface area contributed by atoms with E-state index < -0.39 is 16.2 Å². The molecule has 1 atom stereocenters. The van der Waals surface area contributed by atoms with Gasteiger partial charge in [-0.05, 0) is 13.3 Å². The maximum atomic E-state index is 10.4. The number of alkyl halides is 1. The second-order valence-corrected chi connectivity index (χ2v) is 3.88. The average molecular weight is 186 g/mol. The van der Waals surface area contributed by atoms with Crippen molar-refractivity contribution in [1.82, 2.24) is 0 Å². The smallest absolute Gasteiger partial charge is 0.264 e. The highest BCUT2D eigenvalue weighted by Crippen LogP contribution is 2.01. The van der Waals surface area contributed by atoms with E-state index in [2.05, 4.69) is 11.1 Å². The molecule has 0 bridgehead atoms. The van der Waals surface area contributed by atoms with Crippen LogP contribution in [0.5, 0.6) is 0 Å². The van der Waals surface area contributed by atoms with Crippen LogP contribution >= 0.6 is 11.6 Å². The molecule has 5 heteroatoms. The molecule has 0 amide bonds. The third kappa shape index (κ3) is 6.32. The molecule has 0 aliphatic rings. The summed E-state index contributed by atoms with van der Waals surface area (Å²) in [6.45, 7) is 3.43. The van der Waals surface area contributed by atoms with Crippen LogP contribution in [0.15, 0.2) is 0 Å². The van der Waals surface area contributed by atoms with Gasteiger partial charge in [0.25, 0.3) is 10.1 Å². The molecule has 0 aromatic carbocycles. The molecule has 0 heterocycles. The minimum absolute atomic E-state index is 0.351. The van der Waals surface area contributed by atoms with Gasteiger partial charge in [0, 0.05) is 5.88 Å². The van der Waals surface area contributed by atoms with Crippen molar-refractivity contribution in [3.8, 4) is 0 Å². The minimum atomic E-state index is -3.37. The molecule has 0 aromatic heterocycles. The number of rotatable bonds is 4. The van der Waals surface area contributed by atoms with Crippen molar-refractivity contribution in [2.45, 2.75) is 12.5 Å². The summed E-state index contributed by atoms with van der Waals surface area (Å²) in [6, 6.07) is 0. The fourth-order valence-corrected chi connectivity index (χ4v) is 1.25. The molecule has 3 nitrogen and oxygen atoms in total. The summed E-state index contributed by atoms with van der Waals surface area (Å²) >= 11 is 5.31. The second kappa shape index (κ2) is 4.16. The lowest BCUT2D eigenvalue weighted by Crippen LogP contribution is -2.14. The summed E-state index contributed by atoms with van der Waals surface area (Å²) in [4.78, 5) is 0. The lowest BCUT2D eigenvalue weighted by molar-refractivity contribution is 0.252. The van der Waals surface area contributed by atoms with Gasteiger partial charge in [-0.25, -0.2) is 0 Å². The number of hydrogen-bond donors (Lipinski definition) is 0. The predicted octanol–water partition coefficient (Wildman–Crippen LogP) is 0.794. The van der Waals surface area contributed by atoms with Crippen molar-refractivity contribution in [2.75, 3.05) is 12.1 Å². The Labute approximate surface area is 66.5 Å². The van der Waals surface area contributed by atoms with Crippen molar-refractivity contribution in [3.63, 3.8) is 0 Å². The van der Waals surface area contributed by atoms with E-state index in [1.54, 1.807) is 0 Å². The van der Waals surface area contributed by atoms with E-state index in [0.29, 0.717) is 12.3 Å². The van der Waals surface area contributed by atoms with Gasteiger partial charge in [-0.1, -0.05) is 0 Å². The molecule has 0 aromatic rings. The molecule has 0 saturated heterocycles. The van der Waals surface area contributed by atoms with Crippen LogP contribution in [-0.4, -0.2) is 26.7 Å². The molecule has 0 saturated carbocycles. The summed E-state index contributed by atoms with van der Waals surface area (Å²) in [7, 11) is -3.37. The van der Waals surface area contributed by atoms with Crippen molar-refractivity contribution in [1.29, 1.82) is 0 Å². The molecular formula is C5H10ClO3S. The third-order valence-corrected chi connectivity index (χ3v) is 1.58. The zero-order valence-electron chi connectivity index (χ0n) is 5.71. The van der Waals surface area contributed by atoms with Crippen LogP contribution in [0.2, 0.25) is 0 Å². The highest BCUT2D eigenvalue weighted by atomic mass is 35.5. The zero-order chi connectivity index (χ0) is 8.20. The van der Waals surface area contributed by atoms with Crippen molar-refractivity contribution < 1.29 is 12.6 Å². The van der Waals surface area contributed by atoms with Crippen molar-refractivity contribution in [2.24, 2.45) is 0 Å². The van der Waals surface area contributed by atoms with E-state index in [9.17, 15) is 8.42 Å². The van der Waals surface area contributed by atoms with E-state index in [-0.39, 0.29) is 0 Å². The minimum Gasteiger partial charge on any atom is -0.267 e. The molecule has 61 valence electrons. The van der Waals surface area contributed by atoms with Gasteiger partial charge in [0.1, 0.15) is 0 Å². The Hall–Kier alpha value is 0.200. The molecule has 0 spiro atoms. The highest BCUT2D eigenvalue weighted by Gasteiger charge is 2.08. The van der Waals surface area contributed by atoms with Gasteiger partial charge in [-0.2, -0.15) is 8.42 Å². The molecule has 0 rings (SSSR count). The molecular weight excluding hydrogens is 176 g/mol. The van der Waals surface area contributed by atoms with Crippen LogP contribution in [0.3, 0.4) is 0 Å². The Morgan fingerprint density at radius 2 is 2.20 bits per heavy atom. The molecule has 0 fully saturated rings. The second-order valence-electron chi connectivity index (χ2n) is 1.90. The van der Waals surface area contributed by atoms with Gasteiger partial charge < -0.3 is 0 Å². The summed E-state index contributed by atoms with van der Waals surface area (Å²) in [5, 5.41) is 0. The maximum Gasteiger partial charge on any atom is 0.264 e. The molecule has 0 N–H and O–H groups in total. The molecule has 1 unspecified atom stereocenters. The molecule has 0 aliphatic heterocycles. The fraction of sp³-hybridized carbons (Fsp3) is 0.800. The Balaban J connectivity index is 3.69. The molecule has 10 heavy (non-hydrogen) atoms. The molecule has 1 radical (unpaired) electrons. The third-order valence-electron chi connectivity index (χ3n) is 0.742. The Kier molecular flexibility index (Phi) is 4.24. The summed E-state index contributed by atoms with van der Waals surface area (Å²) < 4.78 is 25.3. The van der Waals surface area contributed by atoms with Gasteiger partial charge in [-0.3, -0.25) is 4.18 Å². The van der Waals surface area contributed by atoms with Crippen LogP contribution in [0.4, 0.5) is 0 Å². The summed E-state index contributed by atoms with van der Waals surface area (Å²) in [5.74, 6) is 0.351. The lowest BCUT2D eigenvalue weighted by Gasteiger charge is -2.07. The van der Waals surface area contributed by atoms with E-state index >= 15 is 0 Å². The van der Waals surface area contributed by atoms with Crippen LogP contribution in [0.1, 0.15) is 6.42 Å². The normalized spacial score (nSPS) is 15.1. The van der Waals surface area contributed by atoms with Crippen molar-refractivity contribution >= 4 is 21.7 Å². The maximum absolute atomic E-state index is 10.4. The Morgan fingerprint density at radius 1 is 1.70 bits per heavy atom. The summed E-state index contributed by atoms with van der Waals surface area (Å²) in [5.41, 5.74) is 0. The number of halogens is 1. The first-order valence-corrected chi connectivity index (χ1v) is 5.08. The van der Waals surface area contributed by atoms with Gasteiger partial charge in [0.05, 0.1) is 12.4 Å². The summed E-state index contributed by atoms with van der Waals surface area (Å²) in [6.07, 6.45) is 0.862. The van der Waals surface area contributed by atoms with Crippen LogP contribution in [-0.2, 0) is 14.3 Å². The van der Waals surface area contributed by atoms with Crippen LogP contribution < -0.4 is 0 Å². The standard InChI is InChI=1S/C5H10ClO3S/c1-5(3-4-6)9-10(2,7)8/h5H,1,3-4H2,2H3. The first-order chi connectivity index (χ1) is 4.45. The van der Waals surface area contributed by atoms with E-state index in [1.807, 2.05) is 0 Å². The Bertz CT molecular complexity index is 175. The van der Waals surface area contributed by atoms with Crippen molar-refractivity contribution in [3.05, 3.63) is 6.92 Å². The van der Waals surface area contributed by atoms with Crippen LogP contribution in [0, 0.1) is 6.92 Å². The zero-order valence-corrected chi connectivity index (χ0v) is 7.28. The lowest BCUT2D eigenvalue weighted by atomic mass is 10.3. The van der Waals surface area contributed by atoms with Gasteiger partial charge >= 0.3 is 0 Å². The average Bonchev–Trinajstić information content (AvgIpc) is 1.59. The molecule has 0 aliphatic carbocycles. The Morgan fingerprint density at radius 3 is 2.50 bits per heavy atom. The van der Waals surface area contributed by atoms with Gasteiger partial charge in [0.15, 0.2) is 0 Å². The van der Waals surface area contributed by atoms with E-state index in [4.69, 9.17) is 11.6 Å². The topological polar surface area (TPSA) is 43.4 Å². The largest absolute Gasteiger partial charge is 0.267 e. The SMILES string of the molecule is [CH2]C(CCCl)OS(C)(=O)=O. The quantitative estimate of drug-likeness (QED) is 0.481. The van der Waals surface area contributed by atoms with Gasteiger partial charge in [0.2, 0.25) is 0 Å². The van der Waals surface area contributed by atoms with E-state index in [1.165, 1.54) is 0 Å². The van der Waals surface area contributed by atoms with E-state index in [0.717, 1.165) is 6.26 Å². The first-order valence-electron chi connectivity index (χ1n) is 2.73. The van der Waals surface area contributed by atoms with Gasteiger partial charge in [-0.15, -0.1) is 11.6 Å². The monoisotopic (exact) mass is 185 g/mol.